The lowest BCUT2D eigenvalue weighted by atomic mass is 10.0. The molecule has 0 spiro atoms. The van der Waals surface area contributed by atoms with Gasteiger partial charge in [-0.25, -0.2) is 4.98 Å². The van der Waals surface area contributed by atoms with Crippen molar-refractivity contribution in [2.45, 2.75) is 31.3 Å². The van der Waals surface area contributed by atoms with Gasteiger partial charge < -0.3 is 5.32 Å². The van der Waals surface area contributed by atoms with Crippen LogP contribution in [0.2, 0.25) is 0 Å². The number of hydrogen-bond donors (Lipinski definition) is 1. The number of para-hydroxylation sites is 1. The summed E-state index contributed by atoms with van der Waals surface area (Å²) in [6.07, 6.45) is 4.05. The summed E-state index contributed by atoms with van der Waals surface area (Å²) in [5, 5.41) is 12.4. The first-order valence-electron chi connectivity index (χ1n) is 9.09. The van der Waals surface area contributed by atoms with Gasteiger partial charge in [-0.1, -0.05) is 55.9 Å². The number of benzene rings is 2. The maximum absolute atomic E-state index is 12.3. The summed E-state index contributed by atoms with van der Waals surface area (Å²) >= 11 is 1.40. The molecule has 1 aromatic heterocycles. The largest absolute Gasteiger partial charge is 0.325 e. The molecule has 2 aromatic carbocycles. The first-order chi connectivity index (χ1) is 13.6. The van der Waals surface area contributed by atoms with Crippen LogP contribution in [0.15, 0.2) is 66.1 Å². The molecule has 0 aliphatic carbocycles. The van der Waals surface area contributed by atoms with E-state index in [1.165, 1.54) is 17.3 Å². The van der Waals surface area contributed by atoms with Gasteiger partial charge in [0.2, 0.25) is 5.91 Å². The number of carbonyl (C=O) groups is 1. The number of nitrogens with one attached hydrogen (secondary N) is 1. The van der Waals surface area contributed by atoms with Crippen LogP contribution >= 0.6 is 11.8 Å². The van der Waals surface area contributed by atoms with E-state index in [9.17, 15) is 4.79 Å². The number of hydrogen-bond acceptors (Lipinski definition) is 4. The Morgan fingerprint density at radius 3 is 2.68 bits per heavy atom. The second-order valence-corrected chi connectivity index (χ2v) is 7.60. The summed E-state index contributed by atoms with van der Waals surface area (Å²) in [5.41, 5.74) is 3.98. The third-order valence-electron chi connectivity index (χ3n) is 4.28. The van der Waals surface area contributed by atoms with Gasteiger partial charge in [0.25, 0.3) is 0 Å². The van der Waals surface area contributed by atoms with Crippen LogP contribution in [0.5, 0.6) is 0 Å². The number of thioether (sulfide) groups is 1. The van der Waals surface area contributed by atoms with E-state index in [4.69, 9.17) is 5.26 Å². The Morgan fingerprint density at radius 2 is 1.96 bits per heavy atom. The Morgan fingerprint density at radius 1 is 1.21 bits per heavy atom. The standard InChI is InChI=1S/C22H22N4OS/c1-16(2)19-5-3-4-6-20(19)26-14-13-24-22(26)28-15-21(27)25-18-9-7-17(8-10-18)11-12-23/h3-10,13-14,16H,11,15H2,1-2H3,(H,25,27). The lowest BCUT2D eigenvalue weighted by Gasteiger charge is -2.15. The molecule has 5 nitrogen and oxygen atoms in total. The molecule has 28 heavy (non-hydrogen) atoms. The molecule has 1 amide bonds. The van der Waals surface area contributed by atoms with Crippen molar-refractivity contribution in [2.24, 2.45) is 0 Å². The molecule has 1 heterocycles. The minimum atomic E-state index is -0.0928. The van der Waals surface area contributed by atoms with Crippen LogP contribution in [0, 0.1) is 11.3 Å². The summed E-state index contributed by atoms with van der Waals surface area (Å²) in [6.45, 7) is 4.33. The Labute approximate surface area is 169 Å². The third kappa shape index (κ3) is 4.81. The summed E-state index contributed by atoms with van der Waals surface area (Å²) in [5.74, 6) is 0.564. The number of aromatic nitrogens is 2. The van der Waals surface area contributed by atoms with E-state index >= 15 is 0 Å². The van der Waals surface area contributed by atoms with Gasteiger partial charge in [-0.3, -0.25) is 9.36 Å². The highest BCUT2D eigenvalue weighted by Crippen LogP contribution is 2.27. The summed E-state index contributed by atoms with van der Waals surface area (Å²) in [4.78, 5) is 16.7. The molecule has 0 aliphatic heterocycles. The number of nitrogens with zero attached hydrogens (tertiary/aromatic N) is 3. The monoisotopic (exact) mass is 390 g/mol. The van der Waals surface area contributed by atoms with E-state index in [1.807, 2.05) is 47.2 Å². The molecular weight excluding hydrogens is 368 g/mol. The number of carbonyl (C=O) groups excluding carboxylic acids is 1. The topological polar surface area (TPSA) is 70.7 Å². The van der Waals surface area contributed by atoms with Crippen LogP contribution in [0.25, 0.3) is 5.69 Å². The second-order valence-electron chi connectivity index (χ2n) is 6.66. The Balaban J connectivity index is 1.65. The number of nitriles is 1. The normalized spacial score (nSPS) is 10.6. The van der Waals surface area contributed by atoms with E-state index in [-0.39, 0.29) is 11.7 Å². The maximum Gasteiger partial charge on any atom is 0.234 e. The van der Waals surface area contributed by atoms with Gasteiger partial charge in [0.1, 0.15) is 0 Å². The van der Waals surface area contributed by atoms with Crippen molar-refractivity contribution in [2.75, 3.05) is 11.1 Å². The SMILES string of the molecule is CC(C)c1ccccc1-n1ccnc1SCC(=O)Nc1ccc(CC#N)cc1. The lowest BCUT2D eigenvalue weighted by molar-refractivity contribution is -0.113. The highest BCUT2D eigenvalue weighted by atomic mass is 32.2. The molecule has 0 fully saturated rings. The average molecular weight is 391 g/mol. The van der Waals surface area contributed by atoms with Crippen LogP contribution in [0.4, 0.5) is 5.69 Å². The molecular formula is C22H22N4OS. The van der Waals surface area contributed by atoms with Crippen molar-refractivity contribution in [1.82, 2.24) is 9.55 Å². The molecule has 0 aliphatic rings. The lowest BCUT2D eigenvalue weighted by Crippen LogP contribution is -2.14. The van der Waals surface area contributed by atoms with Crippen molar-refractivity contribution < 1.29 is 4.79 Å². The van der Waals surface area contributed by atoms with E-state index < -0.39 is 0 Å². The third-order valence-corrected chi connectivity index (χ3v) is 5.25. The second kappa shape index (κ2) is 9.25. The van der Waals surface area contributed by atoms with Gasteiger partial charge in [-0.2, -0.15) is 5.26 Å². The molecule has 0 bridgehead atoms. The average Bonchev–Trinajstić information content (AvgIpc) is 3.16. The van der Waals surface area contributed by atoms with Crippen molar-refractivity contribution in [1.29, 1.82) is 5.26 Å². The smallest absolute Gasteiger partial charge is 0.234 e. The van der Waals surface area contributed by atoms with Gasteiger partial charge in [0, 0.05) is 18.1 Å². The van der Waals surface area contributed by atoms with Crippen LogP contribution in [0.1, 0.15) is 30.9 Å². The van der Waals surface area contributed by atoms with Crippen molar-refractivity contribution >= 4 is 23.4 Å². The molecule has 0 saturated heterocycles. The summed E-state index contributed by atoms with van der Waals surface area (Å²) in [7, 11) is 0. The van der Waals surface area contributed by atoms with Gasteiger partial charge in [-0.05, 0) is 35.2 Å². The Kier molecular flexibility index (Phi) is 6.51. The van der Waals surface area contributed by atoms with Gasteiger partial charge in [0.05, 0.1) is 23.9 Å². The highest BCUT2D eigenvalue weighted by Gasteiger charge is 2.13. The van der Waals surface area contributed by atoms with Gasteiger partial charge in [-0.15, -0.1) is 0 Å². The van der Waals surface area contributed by atoms with Crippen molar-refractivity contribution in [3.63, 3.8) is 0 Å². The minimum Gasteiger partial charge on any atom is -0.325 e. The predicted octanol–water partition coefficient (Wildman–Crippen LogP) is 4.79. The molecule has 0 saturated carbocycles. The highest BCUT2D eigenvalue weighted by molar-refractivity contribution is 7.99. The first kappa shape index (κ1) is 19.7. The quantitative estimate of drug-likeness (QED) is 0.589. The molecule has 0 radical (unpaired) electrons. The molecule has 142 valence electrons. The maximum atomic E-state index is 12.3. The van der Waals surface area contributed by atoms with Gasteiger partial charge >= 0.3 is 0 Å². The molecule has 3 rings (SSSR count). The van der Waals surface area contributed by atoms with Crippen molar-refractivity contribution in [3.8, 4) is 11.8 Å². The van der Waals surface area contributed by atoms with Crippen molar-refractivity contribution in [3.05, 3.63) is 72.1 Å². The zero-order chi connectivity index (χ0) is 19.9. The molecule has 6 heteroatoms. The Bertz CT molecular complexity index is 986. The summed E-state index contributed by atoms with van der Waals surface area (Å²) in [6, 6.07) is 17.7. The fraction of sp³-hybridized carbons (Fsp3) is 0.227. The first-order valence-corrected chi connectivity index (χ1v) is 10.1. The fourth-order valence-electron chi connectivity index (χ4n) is 2.90. The molecule has 0 unspecified atom stereocenters. The number of imidazole rings is 1. The van der Waals surface area contributed by atoms with E-state index in [1.54, 1.807) is 6.20 Å². The molecule has 3 aromatic rings. The zero-order valence-corrected chi connectivity index (χ0v) is 16.7. The van der Waals surface area contributed by atoms with E-state index in [0.717, 1.165) is 22.1 Å². The fourth-order valence-corrected chi connectivity index (χ4v) is 3.67. The van der Waals surface area contributed by atoms with Crippen LogP contribution in [-0.2, 0) is 11.2 Å². The molecule has 1 N–H and O–H groups in total. The molecule has 0 atom stereocenters. The van der Waals surface area contributed by atoms with Crippen LogP contribution in [-0.4, -0.2) is 21.2 Å². The number of amides is 1. The van der Waals surface area contributed by atoms with Gasteiger partial charge in [0.15, 0.2) is 5.16 Å². The predicted molar refractivity (Wildman–Crippen MR) is 113 cm³/mol. The van der Waals surface area contributed by atoms with Crippen LogP contribution < -0.4 is 5.32 Å². The Hall–Kier alpha value is -3.04. The number of anilines is 1. The summed E-state index contributed by atoms with van der Waals surface area (Å²) < 4.78 is 2.03. The van der Waals surface area contributed by atoms with Crippen LogP contribution in [0.3, 0.4) is 0 Å². The van der Waals surface area contributed by atoms with E-state index in [0.29, 0.717) is 12.3 Å². The minimum absolute atomic E-state index is 0.0928. The van der Waals surface area contributed by atoms with E-state index in [2.05, 4.69) is 42.4 Å². The zero-order valence-electron chi connectivity index (χ0n) is 15.9. The number of rotatable bonds is 7.